The normalized spacial score (nSPS) is 15.3. The molecule has 1 heterocycles. The van der Waals surface area contributed by atoms with Gasteiger partial charge in [0.15, 0.2) is 0 Å². The van der Waals surface area contributed by atoms with Crippen LogP contribution in [0.4, 0.5) is 5.82 Å². The van der Waals surface area contributed by atoms with E-state index in [1.165, 1.54) is 0 Å². The van der Waals surface area contributed by atoms with E-state index in [1.54, 1.807) is 13.0 Å². The maximum Gasteiger partial charge on any atom is 0.134 e. The Morgan fingerprint density at radius 1 is 1.53 bits per heavy atom. The fraction of sp³-hybridized carbons (Fsp3) is 0.545. The minimum atomic E-state index is 0.181. The van der Waals surface area contributed by atoms with Gasteiger partial charge in [0, 0.05) is 24.1 Å². The fourth-order valence-electron chi connectivity index (χ4n) is 1.50. The third kappa shape index (κ3) is 2.75. The van der Waals surface area contributed by atoms with Gasteiger partial charge in [0.05, 0.1) is 0 Å². The topological polar surface area (TPSA) is 68.9 Å². The maximum absolute atomic E-state index is 10.9. The second-order valence-corrected chi connectivity index (χ2v) is 4.12. The highest BCUT2D eigenvalue weighted by Gasteiger charge is 2.27. The summed E-state index contributed by atoms with van der Waals surface area (Å²) in [5.74, 6) is 2.06. The van der Waals surface area contributed by atoms with Gasteiger partial charge < -0.3 is 10.5 Å². The van der Waals surface area contributed by atoms with Gasteiger partial charge in [-0.2, -0.15) is 0 Å². The van der Waals surface area contributed by atoms with E-state index >= 15 is 0 Å². The number of anilines is 1. The van der Waals surface area contributed by atoms with E-state index < -0.39 is 0 Å². The molecule has 0 amide bonds. The lowest BCUT2D eigenvalue weighted by Gasteiger charge is -2.03. The number of hydrogen-bond acceptors (Lipinski definition) is 4. The van der Waals surface area contributed by atoms with Gasteiger partial charge in [-0.3, -0.25) is 0 Å². The summed E-state index contributed by atoms with van der Waals surface area (Å²) in [6.45, 7) is 1.59. The van der Waals surface area contributed by atoms with Crippen molar-refractivity contribution < 1.29 is 4.79 Å². The van der Waals surface area contributed by atoms with Crippen LogP contribution in [0.25, 0.3) is 0 Å². The number of aromatic nitrogens is 2. The lowest BCUT2D eigenvalue weighted by molar-refractivity contribution is -0.116. The van der Waals surface area contributed by atoms with Crippen LogP contribution in [0.1, 0.15) is 43.6 Å². The van der Waals surface area contributed by atoms with E-state index in [0.29, 0.717) is 24.6 Å². The Morgan fingerprint density at radius 3 is 2.87 bits per heavy atom. The molecular formula is C11H15N3O. The molecule has 1 fully saturated rings. The summed E-state index contributed by atoms with van der Waals surface area (Å²) in [5.41, 5.74) is 6.58. The summed E-state index contributed by atoms with van der Waals surface area (Å²) in [6.07, 6.45) is 3.52. The van der Waals surface area contributed by atoms with Crippen molar-refractivity contribution in [3.63, 3.8) is 0 Å². The van der Waals surface area contributed by atoms with Crippen LogP contribution in [0.3, 0.4) is 0 Å². The first-order valence-corrected chi connectivity index (χ1v) is 5.28. The molecule has 2 rings (SSSR count). The highest BCUT2D eigenvalue weighted by Crippen LogP contribution is 2.38. The van der Waals surface area contributed by atoms with Crippen LogP contribution in [0, 0.1) is 0 Å². The monoisotopic (exact) mass is 205 g/mol. The van der Waals surface area contributed by atoms with Gasteiger partial charge in [-0.25, -0.2) is 9.97 Å². The van der Waals surface area contributed by atoms with E-state index in [9.17, 15) is 4.79 Å². The van der Waals surface area contributed by atoms with Gasteiger partial charge in [0.2, 0.25) is 0 Å². The maximum atomic E-state index is 10.9. The lowest BCUT2D eigenvalue weighted by Crippen LogP contribution is -2.04. The molecule has 2 N–H and O–H groups in total. The molecule has 1 aromatic rings. The van der Waals surface area contributed by atoms with Crippen molar-refractivity contribution in [3.8, 4) is 0 Å². The first-order chi connectivity index (χ1) is 7.15. The number of hydrogen-bond donors (Lipinski definition) is 1. The molecule has 0 aliphatic heterocycles. The Morgan fingerprint density at radius 2 is 2.27 bits per heavy atom. The van der Waals surface area contributed by atoms with Gasteiger partial charge in [-0.05, 0) is 26.2 Å². The molecule has 0 spiro atoms. The zero-order valence-electron chi connectivity index (χ0n) is 8.86. The minimum absolute atomic E-state index is 0.181. The van der Waals surface area contributed by atoms with Gasteiger partial charge in [0.1, 0.15) is 17.4 Å². The summed E-state index contributed by atoms with van der Waals surface area (Å²) in [7, 11) is 0. The molecule has 1 aliphatic rings. The minimum Gasteiger partial charge on any atom is -0.384 e. The molecule has 0 saturated heterocycles. The SMILES string of the molecule is CC(=O)CCc1cc(N)nc(C2CC2)n1. The van der Waals surface area contributed by atoms with E-state index in [2.05, 4.69) is 9.97 Å². The summed E-state index contributed by atoms with van der Waals surface area (Å²) in [4.78, 5) is 19.5. The molecule has 4 heteroatoms. The standard InChI is InChI=1S/C11H15N3O/c1-7(15)2-5-9-6-10(12)14-11(13-9)8-3-4-8/h6,8H,2-5H2,1H3,(H2,12,13,14). The third-order valence-corrected chi connectivity index (χ3v) is 2.49. The molecular weight excluding hydrogens is 190 g/mol. The van der Waals surface area contributed by atoms with Gasteiger partial charge in [-0.15, -0.1) is 0 Å². The van der Waals surface area contributed by atoms with Crippen molar-refractivity contribution in [3.05, 3.63) is 17.6 Å². The zero-order valence-corrected chi connectivity index (χ0v) is 8.86. The van der Waals surface area contributed by atoms with Crippen molar-refractivity contribution in [2.45, 2.75) is 38.5 Å². The molecule has 0 atom stereocenters. The highest BCUT2D eigenvalue weighted by molar-refractivity contribution is 5.75. The predicted molar refractivity (Wildman–Crippen MR) is 57.4 cm³/mol. The predicted octanol–water partition coefficient (Wildman–Crippen LogP) is 1.46. The molecule has 0 radical (unpaired) electrons. The number of nitrogens with two attached hydrogens (primary N) is 1. The largest absolute Gasteiger partial charge is 0.384 e. The van der Waals surface area contributed by atoms with Crippen LogP contribution >= 0.6 is 0 Å². The van der Waals surface area contributed by atoms with E-state index in [1.807, 2.05) is 0 Å². The van der Waals surface area contributed by atoms with Gasteiger partial charge in [0.25, 0.3) is 0 Å². The first-order valence-electron chi connectivity index (χ1n) is 5.28. The van der Waals surface area contributed by atoms with Crippen LogP contribution in [-0.2, 0) is 11.2 Å². The molecule has 1 aliphatic carbocycles. The molecule has 1 aromatic heterocycles. The van der Waals surface area contributed by atoms with Gasteiger partial charge in [-0.1, -0.05) is 0 Å². The summed E-state index contributed by atoms with van der Waals surface area (Å²) >= 11 is 0. The Kier molecular flexibility index (Phi) is 2.66. The number of carbonyl (C=O) groups is 1. The second kappa shape index (κ2) is 3.96. The van der Waals surface area contributed by atoms with E-state index in [4.69, 9.17) is 5.73 Å². The zero-order chi connectivity index (χ0) is 10.8. The van der Waals surface area contributed by atoms with Crippen LogP contribution in [0.5, 0.6) is 0 Å². The van der Waals surface area contributed by atoms with Crippen LogP contribution in [-0.4, -0.2) is 15.8 Å². The quantitative estimate of drug-likeness (QED) is 0.807. The first kappa shape index (κ1) is 10.1. The van der Waals surface area contributed by atoms with Crippen molar-refractivity contribution in [2.75, 3.05) is 5.73 Å². The third-order valence-electron chi connectivity index (χ3n) is 2.49. The Bertz CT molecular complexity index is 385. The molecule has 80 valence electrons. The lowest BCUT2D eigenvalue weighted by atomic mass is 10.2. The smallest absolute Gasteiger partial charge is 0.134 e. The average molecular weight is 205 g/mol. The second-order valence-electron chi connectivity index (χ2n) is 4.12. The van der Waals surface area contributed by atoms with E-state index in [-0.39, 0.29) is 5.78 Å². The molecule has 4 nitrogen and oxygen atoms in total. The van der Waals surface area contributed by atoms with Crippen molar-refractivity contribution in [2.24, 2.45) is 0 Å². The molecule has 0 aromatic carbocycles. The van der Waals surface area contributed by atoms with Crippen LogP contribution < -0.4 is 5.73 Å². The highest BCUT2D eigenvalue weighted by atomic mass is 16.1. The molecule has 0 bridgehead atoms. The van der Waals surface area contributed by atoms with Crippen LogP contribution in [0.2, 0.25) is 0 Å². The number of carbonyl (C=O) groups excluding carboxylic acids is 1. The van der Waals surface area contributed by atoms with Crippen molar-refractivity contribution >= 4 is 11.6 Å². The molecule has 0 unspecified atom stereocenters. The Labute approximate surface area is 88.9 Å². The van der Waals surface area contributed by atoms with Gasteiger partial charge >= 0.3 is 0 Å². The number of nitrogens with zero attached hydrogens (tertiary/aromatic N) is 2. The van der Waals surface area contributed by atoms with Crippen LogP contribution in [0.15, 0.2) is 6.07 Å². The molecule has 15 heavy (non-hydrogen) atoms. The number of ketones is 1. The summed E-state index contributed by atoms with van der Waals surface area (Å²) in [6, 6.07) is 1.76. The number of rotatable bonds is 4. The Hall–Kier alpha value is -1.45. The number of nitrogen functional groups attached to an aromatic ring is 1. The number of aryl methyl sites for hydroxylation is 1. The average Bonchev–Trinajstić information content (AvgIpc) is 2.97. The fourth-order valence-corrected chi connectivity index (χ4v) is 1.50. The van der Waals surface area contributed by atoms with Crippen molar-refractivity contribution in [1.29, 1.82) is 0 Å². The Balaban J connectivity index is 2.12. The van der Waals surface area contributed by atoms with Crippen molar-refractivity contribution in [1.82, 2.24) is 9.97 Å². The summed E-state index contributed by atoms with van der Waals surface area (Å²) < 4.78 is 0. The number of Topliss-reactive ketones (excluding diaryl/α,β-unsaturated/α-hetero) is 1. The van der Waals surface area contributed by atoms with E-state index in [0.717, 1.165) is 24.4 Å². The summed E-state index contributed by atoms with van der Waals surface area (Å²) in [5, 5.41) is 0. The molecule has 1 saturated carbocycles.